The fourth-order valence-electron chi connectivity index (χ4n) is 0.591. The van der Waals surface area contributed by atoms with Crippen molar-refractivity contribution in [2.75, 3.05) is 0 Å². The minimum absolute atomic E-state index is 0.00343. The van der Waals surface area contributed by atoms with E-state index in [1.807, 2.05) is 13.8 Å². The lowest BCUT2D eigenvalue weighted by atomic mass is 10.0. The number of hydrogen-bond acceptors (Lipinski definition) is 2. The Bertz CT molecular complexity index is 136. The number of aliphatic hydroxyl groups excluding tert-OH is 1. The number of aliphatic hydroxyl groups is 1. The number of carbonyl (C=O) groups is 1. The summed E-state index contributed by atoms with van der Waals surface area (Å²) >= 11 is 0. The largest absolute Gasteiger partial charge is 0.385 e. The lowest BCUT2D eigenvalue weighted by Crippen LogP contribution is -2.23. The summed E-state index contributed by atoms with van der Waals surface area (Å²) in [5, 5.41) is 9.13. The second-order valence-electron chi connectivity index (χ2n) is 2.59. The summed E-state index contributed by atoms with van der Waals surface area (Å²) < 4.78 is 0. The Hall–Kier alpha value is -0.630. The SMILES string of the molecule is C/C=C/C(=O)[C@H](O)C(C)C. The summed E-state index contributed by atoms with van der Waals surface area (Å²) in [6.45, 7) is 5.38. The molecule has 2 heteroatoms. The van der Waals surface area contributed by atoms with Gasteiger partial charge in [-0.3, -0.25) is 4.79 Å². The molecule has 58 valence electrons. The molecule has 1 N–H and O–H groups in total. The van der Waals surface area contributed by atoms with Crippen molar-refractivity contribution >= 4 is 5.78 Å². The zero-order chi connectivity index (χ0) is 8.15. The molecule has 0 heterocycles. The predicted octanol–water partition coefficient (Wildman–Crippen LogP) is 1.15. The van der Waals surface area contributed by atoms with Crippen LogP contribution in [0.3, 0.4) is 0 Å². The van der Waals surface area contributed by atoms with Gasteiger partial charge in [0, 0.05) is 0 Å². The number of hydrogen-bond donors (Lipinski definition) is 1. The summed E-state index contributed by atoms with van der Waals surface area (Å²) in [5.74, 6) is -0.207. The van der Waals surface area contributed by atoms with E-state index in [0.717, 1.165) is 0 Å². The molecule has 0 aliphatic rings. The van der Waals surface area contributed by atoms with Gasteiger partial charge in [0.25, 0.3) is 0 Å². The van der Waals surface area contributed by atoms with Crippen LogP contribution in [0.25, 0.3) is 0 Å². The molecule has 0 fully saturated rings. The second kappa shape index (κ2) is 4.23. The first-order chi connectivity index (χ1) is 4.59. The molecule has 0 unspecified atom stereocenters. The van der Waals surface area contributed by atoms with Gasteiger partial charge in [-0.25, -0.2) is 0 Å². The third-order valence-corrected chi connectivity index (χ3v) is 1.25. The zero-order valence-electron chi connectivity index (χ0n) is 6.66. The van der Waals surface area contributed by atoms with Gasteiger partial charge in [0.05, 0.1) is 0 Å². The van der Waals surface area contributed by atoms with Gasteiger partial charge in [-0.2, -0.15) is 0 Å². The molecule has 0 radical (unpaired) electrons. The Morgan fingerprint density at radius 1 is 1.50 bits per heavy atom. The minimum atomic E-state index is -0.837. The van der Waals surface area contributed by atoms with E-state index in [2.05, 4.69) is 0 Å². The maximum Gasteiger partial charge on any atom is 0.184 e. The van der Waals surface area contributed by atoms with Crippen molar-refractivity contribution in [3.63, 3.8) is 0 Å². The van der Waals surface area contributed by atoms with Crippen LogP contribution in [0.2, 0.25) is 0 Å². The van der Waals surface area contributed by atoms with Crippen LogP contribution in [0.4, 0.5) is 0 Å². The molecule has 2 nitrogen and oxygen atoms in total. The summed E-state index contributed by atoms with van der Waals surface area (Å²) in [7, 11) is 0. The van der Waals surface area contributed by atoms with Gasteiger partial charge < -0.3 is 5.11 Å². The predicted molar refractivity (Wildman–Crippen MR) is 40.7 cm³/mol. The molecule has 1 atom stereocenters. The van der Waals surface area contributed by atoms with E-state index in [9.17, 15) is 4.79 Å². The van der Waals surface area contributed by atoms with Crippen LogP contribution in [0, 0.1) is 5.92 Å². The van der Waals surface area contributed by atoms with Crippen molar-refractivity contribution in [3.8, 4) is 0 Å². The first kappa shape index (κ1) is 9.37. The van der Waals surface area contributed by atoms with Crippen molar-refractivity contribution in [2.45, 2.75) is 26.9 Å². The standard InChI is InChI=1S/C8H14O2/c1-4-5-7(9)8(10)6(2)3/h4-6,8,10H,1-3H3/b5-4+/t8-/m1/s1. The number of carbonyl (C=O) groups excluding carboxylic acids is 1. The number of allylic oxidation sites excluding steroid dienone is 1. The van der Waals surface area contributed by atoms with Gasteiger partial charge in [0.1, 0.15) is 6.10 Å². The van der Waals surface area contributed by atoms with E-state index in [1.165, 1.54) is 6.08 Å². The van der Waals surface area contributed by atoms with E-state index in [4.69, 9.17) is 5.11 Å². The minimum Gasteiger partial charge on any atom is -0.385 e. The fourth-order valence-corrected chi connectivity index (χ4v) is 0.591. The molecule has 10 heavy (non-hydrogen) atoms. The Morgan fingerprint density at radius 2 is 2.00 bits per heavy atom. The van der Waals surface area contributed by atoms with Gasteiger partial charge in [-0.1, -0.05) is 19.9 Å². The van der Waals surface area contributed by atoms with E-state index in [-0.39, 0.29) is 11.7 Å². The molecule has 0 saturated heterocycles. The number of rotatable bonds is 3. The molecule has 0 saturated carbocycles. The zero-order valence-corrected chi connectivity index (χ0v) is 6.66. The topological polar surface area (TPSA) is 37.3 Å². The summed E-state index contributed by atoms with van der Waals surface area (Å²) in [6.07, 6.45) is 2.19. The van der Waals surface area contributed by atoms with E-state index < -0.39 is 6.10 Å². The van der Waals surface area contributed by atoms with Crippen molar-refractivity contribution in [1.82, 2.24) is 0 Å². The fraction of sp³-hybridized carbons (Fsp3) is 0.625. The van der Waals surface area contributed by atoms with E-state index >= 15 is 0 Å². The molecule has 0 spiro atoms. The average Bonchev–Trinajstić information content (AvgIpc) is 1.87. The van der Waals surface area contributed by atoms with Crippen LogP contribution in [-0.2, 0) is 4.79 Å². The third-order valence-electron chi connectivity index (χ3n) is 1.25. The highest BCUT2D eigenvalue weighted by Crippen LogP contribution is 2.02. The lowest BCUT2D eigenvalue weighted by molar-refractivity contribution is -0.124. The molecule has 0 aliphatic carbocycles. The maximum atomic E-state index is 10.8. The van der Waals surface area contributed by atoms with Gasteiger partial charge in [-0.05, 0) is 18.9 Å². The monoisotopic (exact) mass is 142 g/mol. The van der Waals surface area contributed by atoms with Crippen LogP contribution in [0.15, 0.2) is 12.2 Å². The highest BCUT2D eigenvalue weighted by atomic mass is 16.3. The lowest BCUT2D eigenvalue weighted by Gasteiger charge is -2.09. The van der Waals surface area contributed by atoms with E-state index in [1.54, 1.807) is 13.0 Å². The molecule has 0 aromatic heterocycles. The summed E-state index contributed by atoms with van der Waals surface area (Å²) in [6, 6.07) is 0. The molecule has 0 rings (SSSR count). The maximum absolute atomic E-state index is 10.8. The van der Waals surface area contributed by atoms with Gasteiger partial charge in [-0.15, -0.1) is 0 Å². The summed E-state index contributed by atoms with van der Waals surface area (Å²) in [5.41, 5.74) is 0. The van der Waals surface area contributed by atoms with Crippen LogP contribution in [0.5, 0.6) is 0 Å². The number of ketones is 1. The summed E-state index contributed by atoms with van der Waals surface area (Å²) in [4.78, 5) is 10.8. The molecule has 0 bridgehead atoms. The third kappa shape index (κ3) is 2.78. The van der Waals surface area contributed by atoms with Crippen LogP contribution >= 0.6 is 0 Å². The quantitative estimate of drug-likeness (QED) is 0.600. The Morgan fingerprint density at radius 3 is 2.30 bits per heavy atom. The molecular formula is C8H14O2. The normalized spacial score (nSPS) is 14.5. The highest BCUT2D eigenvalue weighted by molar-refractivity contribution is 5.93. The molecule has 0 aromatic rings. The van der Waals surface area contributed by atoms with Crippen molar-refractivity contribution in [2.24, 2.45) is 5.92 Å². The van der Waals surface area contributed by atoms with Gasteiger partial charge in [0.2, 0.25) is 0 Å². The van der Waals surface area contributed by atoms with Crippen LogP contribution in [-0.4, -0.2) is 17.0 Å². The van der Waals surface area contributed by atoms with E-state index in [0.29, 0.717) is 0 Å². The molecule has 0 aliphatic heterocycles. The smallest absolute Gasteiger partial charge is 0.184 e. The Labute approximate surface area is 61.6 Å². The highest BCUT2D eigenvalue weighted by Gasteiger charge is 2.14. The first-order valence-corrected chi connectivity index (χ1v) is 3.44. The Kier molecular flexibility index (Phi) is 3.96. The average molecular weight is 142 g/mol. The Balaban J connectivity index is 3.95. The van der Waals surface area contributed by atoms with Crippen LogP contribution < -0.4 is 0 Å². The van der Waals surface area contributed by atoms with Crippen molar-refractivity contribution < 1.29 is 9.90 Å². The second-order valence-corrected chi connectivity index (χ2v) is 2.59. The van der Waals surface area contributed by atoms with Crippen molar-refractivity contribution in [1.29, 1.82) is 0 Å². The van der Waals surface area contributed by atoms with Gasteiger partial charge in [0.15, 0.2) is 5.78 Å². The molecule has 0 amide bonds. The first-order valence-electron chi connectivity index (χ1n) is 3.44. The van der Waals surface area contributed by atoms with Gasteiger partial charge >= 0.3 is 0 Å². The van der Waals surface area contributed by atoms with Crippen LogP contribution in [0.1, 0.15) is 20.8 Å². The van der Waals surface area contributed by atoms with Crippen molar-refractivity contribution in [3.05, 3.63) is 12.2 Å². The molecular weight excluding hydrogens is 128 g/mol. The molecule has 0 aromatic carbocycles.